The number of nitrogens with one attached hydrogen (secondary N) is 1. The summed E-state index contributed by atoms with van der Waals surface area (Å²) >= 11 is 0. The van der Waals surface area contributed by atoms with E-state index in [-0.39, 0.29) is 18.4 Å². The highest BCUT2D eigenvalue weighted by Crippen LogP contribution is 2.32. The number of rotatable bonds is 12. The summed E-state index contributed by atoms with van der Waals surface area (Å²) < 4.78 is 10.9. The van der Waals surface area contributed by atoms with Gasteiger partial charge >= 0.3 is 12.1 Å². The topological polar surface area (TPSA) is 105 Å². The van der Waals surface area contributed by atoms with Crippen molar-refractivity contribution in [3.63, 3.8) is 0 Å². The molecule has 3 atom stereocenters. The summed E-state index contributed by atoms with van der Waals surface area (Å²) in [5, 5.41) is 3.02. The van der Waals surface area contributed by atoms with Crippen LogP contribution in [0.3, 0.4) is 0 Å². The fourth-order valence-corrected chi connectivity index (χ4v) is 5.18. The number of ether oxygens (including phenoxy) is 2. The van der Waals surface area contributed by atoms with E-state index in [9.17, 15) is 19.2 Å². The van der Waals surface area contributed by atoms with Crippen molar-refractivity contribution in [2.45, 2.75) is 119 Å². The van der Waals surface area contributed by atoms with Gasteiger partial charge in [0.15, 0.2) is 0 Å². The summed E-state index contributed by atoms with van der Waals surface area (Å²) in [7, 11) is 3.23. The van der Waals surface area contributed by atoms with E-state index < -0.39 is 52.5 Å². The van der Waals surface area contributed by atoms with Gasteiger partial charge in [-0.2, -0.15) is 0 Å². The van der Waals surface area contributed by atoms with Gasteiger partial charge < -0.3 is 19.7 Å². The molecule has 0 fully saturated rings. The molecule has 1 aromatic rings. The molecular formula is C35H57N3O6. The average Bonchev–Trinajstić information content (AvgIpc) is 2.90. The Morgan fingerprint density at radius 2 is 1.43 bits per heavy atom. The van der Waals surface area contributed by atoms with Crippen LogP contribution in [0.15, 0.2) is 42.0 Å². The van der Waals surface area contributed by atoms with Crippen LogP contribution in [0.25, 0.3) is 0 Å². The Kier molecular flexibility index (Phi) is 13.7. The Hall–Kier alpha value is -3.36. The molecule has 44 heavy (non-hydrogen) atoms. The molecule has 0 heterocycles. The van der Waals surface area contributed by atoms with Crippen molar-refractivity contribution in [2.24, 2.45) is 11.3 Å². The molecule has 0 saturated heterocycles. The van der Waals surface area contributed by atoms with Gasteiger partial charge in [0.05, 0.1) is 12.6 Å². The van der Waals surface area contributed by atoms with Crippen LogP contribution in [-0.4, -0.2) is 78.1 Å². The van der Waals surface area contributed by atoms with Crippen molar-refractivity contribution < 1.29 is 28.7 Å². The minimum atomic E-state index is -1.01. The third-order valence-electron chi connectivity index (χ3n) is 7.69. The standard InChI is InChI=1S/C35H57N3O6/c1-15-24(31(41)43-16-2)22-26(23(3)4)37(13)30(40)27(33(5,6)7)36-29(39)28(38(14)32(42)44-34(8,9)10)35(11,12)25-20-18-17-19-21-25/h17-23,26-28H,15-16H2,1-14H3,(H,36,39)/b24-22+/t26-,27-,28-/m1/s1. The zero-order valence-electron chi connectivity index (χ0n) is 29.5. The molecule has 9 nitrogen and oxygen atoms in total. The van der Waals surface area contributed by atoms with Crippen LogP contribution in [-0.2, 0) is 29.3 Å². The Bertz CT molecular complexity index is 1160. The SMILES string of the molecule is CCOC(=O)/C(=C/[C@H](C(C)C)N(C)C(=O)[C@@H](NC(=O)[C@@H](N(C)C(=O)OC(C)(C)C)C(C)(C)c1ccccc1)C(C)(C)C)CC. The number of carbonyl (C=O) groups is 4. The minimum Gasteiger partial charge on any atom is -0.463 e. The third-order valence-corrected chi connectivity index (χ3v) is 7.69. The number of esters is 1. The summed E-state index contributed by atoms with van der Waals surface area (Å²) in [5.41, 5.74) is -0.969. The number of hydrogen-bond acceptors (Lipinski definition) is 6. The summed E-state index contributed by atoms with van der Waals surface area (Å²) in [5.74, 6) is -1.22. The number of amides is 3. The van der Waals surface area contributed by atoms with Crippen LogP contribution in [0.1, 0.15) is 95.1 Å². The van der Waals surface area contributed by atoms with Gasteiger partial charge in [-0.25, -0.2) is 9.59 Å². The molecule has 0 unspecified atom stereocenters. The van der Waals surface area contributed by atoms with E-state index in [0.29, 0.717) is 12.0 Å². The second-order valence-corrected chi connectivity index (χ2v) is 14.3. The van der Waals surface area contributed by atoms with Gasteiger partial charge in [-0.1, -0.05) is 91.8 Å². The lowest BCUT2D eigenvalue weighted by Crippen LogP contribution is -2.63. The highest BCUT2D eigenvalue weighted by molar-refractivity contribution is 5.93. The van der Waals surface area contributed by atoms with Gasteiger partial charge in [0.2, 0.25) is 11.8 Å². The van der Waals surface area contributed by atoms with Gasteiger partial charge in [0.1, 0.15) is 17.7 Å². The van der Waals surface area contributed by atoms with Crippen LogP contribution in [0, 0.1) is 11.3 Å². The maximum Gasteiger partial charge on any atom is 0.410 e. The van der Waals surface area contributed by atoms with E-state index in [1.54, 1.807) is 52.8 Å². The highest BCUT2D eigenvalue weighted by Gasteiger charge is 2.45. The van der Waals surface area contributed by atoms with Crippen molar-refractivity contribution in [3.8, 4) is 0 Å². The summed E-state index contributed by atoms with van der Waals surface area (Å²) in [6.45, 7) is 22.6. The molecule has 1 rings (SSSR count). The fourth-order valence-electron chi connectivity index (χ4n) is 5.18. The minimum absolute atomic E-state index is 0.0284. The molecule has 1 aromatic carbocycles. The maximum atomic E-state index is 14.3. The predicted molar refractivity (Wildman–Crippen MR) is 175 cm³/mol. The molecule has 248 valence electrons. The van der Waals surface area contributed by atoms with Crippen LogP contribution in [0.2, 0.25) is 0 Å². The quantitative estimate of drug-likeness (QED) is 0.225. The van der Waals surface area contributed by atoms with Gasteiger partial charge in [0, 0.05) is 25.1 Å². The van der Waals surface area contributed by atoms with Gasteiger partial charge in [-0.05, 0) is 51.0 Å². The normalized spacial score (nSPS) is 14.8. The Labute approximate surface area is 265 Å². The smallest absolute Gasteiger partial charge is 0.410 e. The zero-order valence-corrected chi connectivity index (χ0v) is 29.5. The van der Waals surface area contributed by atoms with Crippen LogP contribution < -0.4 is 5.32 Å². The van der Waals surface area contributed by atoms with E-state index >= 15 is 0 Å². The summed E-state index contributed by atoms with van der Waals surface area (Å²) in [6, 6.07) is 7.11. The van der Waals surface area contributed by atoms with Crippen molar-refractivity contribution in [2.75, 3.05) is 20.7 Å². The first-order valence-corrected chi connectivity index (χ1v) is 15.6. The molecule has 0 spiro atoms. The molecule has 1 N–H and O–H groups in total. The number of carbonyl (C=O) groups excluding carboxylic acids is 4. The van der Waals surface area contributed by atoms with Crippen molar-refractivity contribution in [3.05, 3.63) is 47.5 Å². The first kappa shape index (κ1) is 38.7. The van der Waals surface area contributed by atoms with Gasteiger partial charge in [-0.15, -0.1) is 0 Å². The van der Waals surface area contributed by atoms with E-state index in [2.05, 4.69) is 5.32 Å². The molecule has 0 saturated carbocycles. The second-order valence-electron chi connectivity index (χ2n) is 14.3. The predicted octanol–water partition coefficient (Wildman–Crippen LogP) is 6.11. The molecule has 0 aliphatic heterocycles. The molecule has 9 heteroatoms. The average molecular weight is 616 g/mol. The lowest BCUT2D eigenvalue weighted by molar-refractivity contribution is -0.142. The van der Waals surface area contributed by atoms with E-state index in [4.69, 9.17) is 9.47 Å². The lowest BCUT2D eigenvalue weighted by atomic mass is 9.76. The zero-order chi connectivity index (χ0) is 34.2. The molecular weight excluding hydrogens is 558 g/mol. The van der Waals surface area contributed by atoms with E-state index in [0.717, 1.165) is 5.56 Å². The Morgan fingerprint density at radius 3 is 1.86 bits per heavy atom. The monoisotopic (exact) mass is 615 g/mol. The van der Waals surface area contributed by atoms with E-state index in [1.165, 1.54) is 4.90 Å². The van der Waals surface area contributed by atoms with Crippen molar-refractivity contribution >= 4 is 23.9 Å². The largest absolute Gasteiger partial charge is 0.463 e. The second kappa shape index (κ2) is 15.6. The number of likely N-dealkylation sites (N-methyl/N-ethyl adjacent to an activating group) is 2. The highest BCUT2D eigenvalue weighted by atomic mass is 16.6. The van der Waals surface area contributed by atoms with E-state index in [1.807, 2.05) is 85.7 Å². The van der Waals surface area contributed by atoms with Crippen LogP contribution in [0.5, 0.6) is 0 Å². The van der Waals surface area contributed by atoms with Crippen molar-refractivity contribution in [1.29, 1.82) is 0 Å². The number of nitrogens with zero attached hydrogens (tertiary/aromatic N) is 2. The lowest BCUT2D eigenvalue weighted by Gasteiger charge is -2.42. The van der Waals surface area contributed by atoms with Crippen LogP contribution >= 0.6 is 0 Å². The van der Waals surface area contributed by atoms with Crippen LogP contribution in [0.4, 0.5) is 4.79 Å². The van der Waals surface area contributed by atoms with Gasteiger partial charge in [-0.3, -0.25) is 14.5 Å². The third kappa shape index (κ3) is 10.4. The van der Waals surface area contributed by atoms with Crippen molar-refractivity contribution in [1.82, 2.24) is 15.1 Å². The maximum absolute atomic E-state index is 14.3. The van der Waals surface area contributed by atoms with Gasteiger partial charge in [0.25, 0.3) is 0 Å². The summed E-state index contributed by atoms with van der Waals surface area (Å²) in [4.78, 5) is 57.3. The number of hydrogen-bond donors (Lipinski definition) is 1. The fraction of sp³-hybridized carbons (Fsp3) is 0.657. The summed E-state index contributed by atoms with van der Waals surface area (Å²) in [6.07, 6.45) is 1.60. The molecule has 0 bridgehead atoms. The Morgan fingerprint density at radius 1 is 0.886 bits per heavy atom. The molecule has 0 aromatic heterocycles. The Balaban J connectivity index is 3.61. The number of benzene rings is 1. The molecule has 3 amide bonds. The molecule has 0 aliphatic rings. The molecule has 0 radical (unpaired) electrons. The first-order valence-electron chi connectivity index (χ1n) is 15.6. The first-order chi connectivity index (χ1) is 20.1. The molecule has 0 aliphatic carbocycles.